The van der Waals surface area contributed by atoms with Crippen LogP contribution < -0.4 is 10.6 Å². The lowest BCUT2D eigenvalue weighted by molar-refractivity contribution is -0.115. The summed E-state index contributed by atoms with van der Waals surface area (Å²) in [5.41, 5.74) is 0.458. The lowest BCUT2D eigenvalue weighted by atomic mass is 10.0. The maximum Gasteiger partial charge on any atom is 0.238 e. The number of rotatable bonds is 5. The first-order valence-electron chi connectivity index (χ1n) is 6.63. The molecule has 2 atom stereocenters. The predicted molar refractivity (Wildman–Crippen MR) is 81.5 cm³/mol. The van der Waals surface area contributed by atoms with Crippen molar-refractivity contribution >= 4 is 34.8 Å². The Morgan fingerprint density at radius 1 is 1.45 bits per heavy atom. The second kappa shape index (κ2) is 7.27. The molecule has 0 aromatic heterocycles. The second-order valence-electron chi connectivity index (χ2n) is 4.94. The van der Waals surface area contributed by atoms with Gasteiger partial charge in [-0.1, -0.05) is 29.3 Å². The number of carbonyl (C=O) groups excluding carboxylic acids is 1. The maximum absolute atomic E-state index is 11.9. The van der Waals surface area contributed by atoms with Crippen LogP contribution in [0.5, 0.6) is 0 Å². The van der Waals surface area contributed by atoms with Crippen LogP contribution in [-0.4, -0.2) is 31.7 Å². The summed E-state index contributed by atoms with van der Waals surface area (Å²) in [4.78, 5) is 11.9. The minimum atomic E-state index is -0.161. The summed E-state index contributed by atoms with van der Waals surface area (Å²) in [7, 11) is 0. The summed E-state index contributed by atoms with van der Waals surface area (Å²) in [5.74, 6) is 0.303. The van der Waals surface area contributed by atoms with Gasteiger partial charge >= 0.3 is 0 Å². The van der Waals surface area contributed by atoms with Crippen molar-refractivity contribution in [2.24, 2.45) is 5.92 Å². The normalized spacial score (nSPS) is 19.9. The molecule has 0 aliphatic carbocycles. The number of carbonyl (C=O) groups is 1. The van der Waals surface area contributed by atoms with Crippen LogP contribution in [-0.2, 0) is 9.53 Å². The van der Waals surface area contributed by atoms with Gasteiger partial charge in [0.25, 0.3) is 0 Å². The number of anilines is 1. The van der Waals surface area contributed by atoms with E-state index in [9.17, 15) is 4.79 Å². The van der Waals surface area contributed by atoms with Crippen molar-refractivity contribution in [1.82, 2.24) is 5.32 Å². The van der Waals surface area contributed by atoms with E-state index in [1.807, 2.05) is 0 Å². The smallest absolute Gasteiger partial charge is 0.238 e. The van der Waals surface area contributed by atoms with Gasteiger partial charge in [0.05, 0.1) is 28.9 Å². The molecule has 1 aliphatic heterocycles. The van der Waals surface area contributed by atoms with Gasteiger partial charge in [0, 0.05) is 12.6 Å². The molecule has 20 heavy (non-hydrogen) atoms. The van der Waals surface area contributed by atoms with Crippen LogP contribution in [0.15, 0.2) is 18.2 Å². The van der Waals surface area contributed by atoms with Gasteiger partial charge in [-0.2, -0.15) is 0 Å². The summed E-state index contributed by atoms with van der Waals surface area (Å²) in [6.45, 7) is 3.85. The third-order valence-corrected chi connectivity index (χ3v) is 4.11. The fraction of sp³-hybridized carbons (Fsp3) is 0.500. The molecule has 1 aromatic carbocycles. The number of amides is 1. The largest absolute Gasteiger partial charge is 0.381 e. The Hall–Kier alpha value is -0.810. The number of hydrogen-bond acceptors (Lipinski definition) is 3. The van der Waals surface area contributed by atoms with Crippen molar-refractivity contribution in [2.75, 3.05) is 25.1 Å². The fourth-order valence-corrected chi connectivity index (χ4v) is 2.66. The summed E-state index contributed by atoms with van der Waals surface area (Å²) in [5, 5.41) is 6.80. The summed E-state index contributed by atoms with van der Waals surface area (Å²) in [6, 6.07) is 5.36. The molecule has 6 heteroatoms. The average molecular weight is 317 g/mol. The van der Waals surface area contributed by atoms with Crippen LogP contribution in [0.1, 0.15) is 13.3 Å². The van der Waals surface area contributed by atoms with E-state index in [0.29, 0.717) is 21.7 Å². The molecular weight excluding hydrogens is 299 g/mol. The number of ether oxygens (including phenoxy) is 1. The quantitative estimate of drug-likeness (QED) is 0.878. The van der Waals surface area contributed by atoms with E-state index in [1.54, 1.807) is 18.2 Å². The minimum Gasteiger partial charge on any atom is -0.381 e. The van der Waals surface area contributed by atoms with Gasteiger partial charge in [-0.05, 0) is 31.4 Å². The van der Waals surface area contributed by atoms with Gasteiger partial charge in [-0.3, -0.25) is 4.79 Å². The van der Waals surface area contributed by atoms with E-state index < -0.39 is 0 Å². The summed E-state index contributed by atoms with van der Waals surface area (Å²) >= 11 is 12.0. The van der Waals surface area contributed by atoms with Gasteiger partial charge in [0.2, 0.25) is 5.91 Å². The molecule has 1 amide bonds. The third kappa shape index (κ3) is 4.09. The number of para-hydroxylation sites is 1. The molecule has 2 N–H and O–H groups in total. The highest BCUT2D eigenvalue weighted by Gasteiger charge is 2.22. The topological polar surface area (TPSA) is 50.4 Å². The van der Waals surface area contributed by atoms with Gasteiger partial charge in [0.15, 0.2) is 0 Å². The molecule has 1 heterocycles. The zero-order chi connectivity index (χ0) is 14.5. The maximum atomic E-state index is 11.9. The molecule has 0 radical (unpaired) electrons. The van der Waals surface area contributed by atoms with Gasteiger partial charge in [0.1, 0.15) is 0 Å². The number of benzene rings is 1. The van der Waals surface area contributed by atoms with Crippen molar-refractivity contribution in [3.8, 4) is 0 Å². The first-order chi connectivity index (χ1) is 9.58. The highest BCUT2D eigenvalue weighted by Crippen LogP contribution is 2.29. The van der Waals surface area contributed by atoms with Crippen LogP contribution in [0, 0.1) is 5.92 Å². The molecule has 1 aromatic rings. The standard InChI is InChI=1S/C14H18Cl2N2O2/c1-9(10-5-6-20-8-10)17-7-13(19)18-14-11(15)3-2-4-12(14)16/h2-4,9-10,17H,5-8H2,1H3,(H,18,19). The van der Waals surface area contributed by atoms with E-state index in [-0.39, 0.29) is 18.5 Å². The van der Waals surface area contributed by atoms with E-state index in [2.05, 4.69) is 17.6 Å². The highest BCUT2D eigenvalue weighted by molar-refractivity contribution is 6.39. The van der Waals surface area contributed by atoms with Crippen molar-refractivity contribution in [1.29, 1.82) is 0 Å². The third-order valence-electron chi connectivity index (χ3n) is 3.48. The molecule has 110 valence electrons. The monoisotopic (exact) mass is 316 g/mol. The Morgan fingerprint density at radius 3 is 2.75 bits per heavy atom. The Balaban J connectivity index is 1.83. The lowest BCUT2D eigenvalue weighted by Gasteiger charge is -2.19. The van der Waals surface area contributed by atoms with E-state index in [4.69, 9.17) is 27.9 Å². The van der Waals surface area contributed by atoms with Crippen molar-refractivity contribution in [3.05, 3.63) is 28.2 Å². The molecule has 1 saturated heterocycles. The van der Waals surface area contributed by atoms with Crippen LogP contribution in [0.3, 0.4) is 0 Å². The molecular formula is C14H18Cl2N2O2. The minimum absolute atomic E-state index is 0.161. The van der Waals surface area contributed by atoms with Crippen LogP contribution >= 0.6 is 23.2 Å². The van der Waals surface area contributed by atoms with E-state index >= 15 is 0 Å². The summed E-state index contributed by atoms with van der Waals surface area (Å²) < 4.78 is 5.34. The fourth-order valence-electron chi connectivity index (χ4n) is 2.17. The van der Waals surface area contributed by atoms with Crippen molar-refractivity contribution in [3.63, 3.8) is 0 Å². The van der Waals surface area contributed by atoms with Crippen LogP contribution in [0.2, 0.25) is 10.0 Å². The SMILES string of the molecule is CC(NCC(=O)Nc1c(Cl)cccc1Cl)C1CCOC1. The molecule has 2 unspecified atom stereocenters. The highest BCUT2D eigenvalue weighted by atomic mass is 35.5. The Bertz CT molecular complexity index is 456. The molecule has 0 spiro atoms. The number of nitrogens with one attached hydrogen (secondary N) is 2. The second-order valence-corrected chi connectivity index (χ2v) is 5.75. The van der Waals surface area contributed by atoms with Gasteiger partial charge in [-0.25, -0.2) is 0 Å². The first kappa shape index (κ1) is 15.6. The zero-order valence-electron chi connectivity index (χ0n) is 11.3. The van der Waals surface area contributed by atoms with Gasteiger partial charge < -0.3 is 15.4 Å². The molecule has 0 bridgehead atoms. The average Bonchev–Trinajstić information content (AvgIpc) is 2.94. The predicted octanol–water partition coefficient (Wildman–Crippen LogP) is 2.95. The molecule has 1 fully saturated rings. The van der Waals surface area contributed by atoms with Crippen LogP contribution in [0.4, 0.5) is 5.69 Å². The Labute approximate surface area is 128 Å². The lowest BCUT2D eigenvalue weighted by Crippen LogP contribution is -2.39. The molecule has 1 aliphatic rings. The van der Waals surface area contributed by atoms with E-state index in [1.165, 1.54) is 0 Å². The summed E-state index contributed by atoms with van der Waals surface area (Å²) in [6.07, 6.45) is 1.03. The Kier molecular flexibility index (Phi) is 5.66. The molecule has 4 nitrogen and oxygen atoms in total. The van der Waals surface area contributed by atoms with Gasteiger partial charge in [-0.15, -0.1) is 0 Å². The number of halogens is 2. The zero-order valence-corrected chi connectivity index (χ0v) is 12.8. The van der Waals surface area contributed by atoms with Crippen LogP contribution in [0.25, 0.3) is 0 Å². The van der Waals surface area contributed by atoms with E-state index in [0.717, 1.165) is 19.6 Å². The Morgan fingerprint density at radius 2 is 2.15 bits per heavy atom. The first-order valence-corrected chi connectivity index (χ1v) is 7.38. The molecule has 2 rings (SSSR count). The number of hydrogen-bond donors (Lipinski definition) is 2. The molecule has 0 saturated carbocycles. The van der Waals surface area contributed by atoms with Crippen molar-refractivity contribution < 1.29 is 9.53 Å². The van der Waals surface area contributed by atoms with Crippen molar-refractivity contribution in [2.45, 2.75) is 19.4 Å².